The zero-order chi connectivity index (χ0) is 11.3. The fraction of sp³-hybridized carbons (Fsp3) is 0.500. The smallest absolute Gasteiger partial charge is 0.0441 e. The van der Waals surface area contributed by atoms with Crippen LogP contribution in [0.15, 0.2) is 18.2 Å². The Bertz CT molecular complexity index is 399. The molecule has 2 heterocycles. The highest BCUT2D eigenvalue weighted by atomic mass is 35.5. The summed E-state index contributed by atoms with van der Waals surface area (Å²) in [5.41, 5.74) is 1.16. The van der Waals surface area contributed by atoms with Crippen molar-refractivity contribution in [3.63, 3.8) is 0 Å². The second kappa shape index (κ2) is 3.80. The summed E-state index contributed by atoms with van der Waals surface area (Å²) in [5, 5.41) is 1.44. The minimum absolute atomic E-state index is 0.629. The number of benzene rings is 1. The Kier molecular flexibility index (Phi) is 2.54. The monoisotopic (exact) mass is 256 g/mol. The molecular formula is C12H14Cl2N2. The molecule has 3 rings (SSSR count). The molecule has 2 aliphatic heterocycles. The molecule has 86 valence electrons. The molecule has 1 aromatic rings. The lowest BCUT2D eigenvalue weighted by Gasteiger charge is -2.33. The Morgan fingerprint density at radius 3 is 2.25 bits per heavy atom. The molecule has 0 aromatic heterocycles. The third-order valence-electron chi connectivity index (χ3n) is 3.69. The molecule has 2 aliphatic rings. The van der Waals surface area contributed by atoms with E-state index in [1.807, 2.05) is 12.1 Å². The van der Waals surface area contributed by atoms with Crippen LogP contribution in [0.3, 0.4) is 0 Å². The zero-order valence-electron chi connectivity index (χ0n) is 9.16. The van der Waals surface area contributed by atoms with Crippen molar-refractivity contribution in [3.8, 4) is 0 Å². The van der Waals surface area contributed by atoms with Gasteiger partial charge in [0.2, 0.25) is 0 Å². The minimum atomic E-state index is 0.629. The Labute approximate surface area is 106 Å². The first kappa shape index (κ1) is 10.7. The Morgan fingerprint density at radius 2 is 1.75 bits per heavy atom. The van der Waals surface area contributed by atoms with Gasteiger partial charge in [0.25, 0.3) is 0 Å². The lowest BCUT2D eigenvalue weighted by molar-refractivity contribution is 0.292. The topological polar surface area (TPSA) is 6.48 Å². The number of halogens is 2. The van der Waals surface area contributed by atoms with Gasteiger partial charge in [-0.2, -0.15) is 0 Å². The number of nitrogens with zero attached hydrogens (tertiary/aromatic N) is 2. The quantitative estimate of drug-likeness (QED) is 0.763. The molecule has 2 nitrogen and oxygen atoms in total. The highest BCUT2D eigenvalue weighted by molar-refractivity contribution is 6.35. The highest BCUT2D eigenvalue weighted by Gasteiger charge is 2.41. The molecule has 2 atom stereocenters. The van der Waals surface area contributed by atoms with Crippen molar-refractivity contribution in [2.24, 2.45) is 0 Å². The first-order valence-electron chi connectivity index (χ1n) is 5.56. The molecule has 0 unspecified atom stereocenters. The van der Waals surface area contributed by atoms with Crippen LogP contribution >= 0.6 is 23.2 Å². The van der Waals surface area contributed by atoms with Crippen LogP contribution in [0.4, 0.5) is 5.69 Å². The molecule has 4 heteroatoms. The van der Waals surface area contributed by atoms with Gasteiger partial charge < -0.3 is 4.90 Å². The normalized spacial score (nSPS) is 29.1. The number of rotatable bonds is 1. The number of anilines is 1. The summed E-state index contributed by atoms with van der Waals surface area (Å²) in [7, 11) is 2.20. The summed E-state index contributed by atoms with van der Waals surface area (Å²) in [5.74, 6) is 0. The molecular weight excluding hydrogens is 243 g/mol. The number of fused-ring (bicyclic) bond motifs is 2. The van der Waals surface area contributed by atoms with Crippen LogP contribution in [0.1, 0.15) is 6.42 Å². The summed E-state index contributed by atoms with van der Waals surface area (Å²) in [6.45, 7) is 2.24. The van der Waals surface area contributed by atoms with Crippen molar-refractivity contribution in [1.29, 1.82) is 0 Å². The van der Waals surface area contributed by atoms with E-state index in [1.165, 1.54) is 6.42 Å². The van der Waals surface area contributed by atoms with Gasteiger partial charge in [-0.25, -0.2) is 0 Å². The van der Waals surface area contributed by atoms with Crippen molar-refractivity contribution in [3.05, 3.63) is 28.2 Å². The first-order chi connectivity index (χ1) is 7.63. The van der Waals surface area contributed by atoms with Crippen LogP contribution in [0, 0.1) is 0 Å². The van der Waals surface area contributed by atoms with Gasteiger partial charge in [0.05, 0.1) is 0 Å². The lowest BCUT2D eigenvalue weighted by Crippen LogP contribution is -2.44. The van der Waals surface area contributed by atoms with Crippen LogP contribution < -0.4 is 4.90 Å². The summed E-state index contributed by atoms with van der Waals surface area (Å²) < 4.78 is 0. The molecule has 0 N–H and O–H groups in total. The Hall–Kier alpha value is -0.440. The predicted molar refractivity (Wildman–Crippen MR) is 68.6 cm³/mol. The van der Waals surface area contributed by atoms with Gasteiger partial charge in [0.1, 0.15) is 0 Å². The Balaban J connectivity index is 1.89. The van der Waals surface area contributed by atoms with Crippen molar-refractivity contribution in [2.75, 3.05) is 25.0 Å². The molecule has 0 saturated carbocycles. The summed E-state index contributed by atoms with van der Waals surface area (Å²) in [6, 6.07) is 7.13. The van der Waals surface area contributed by atoms with Gasteiger partial charge in [0, 0.05) is 40.9 Å². The molecule has 2 saturated heterocycles. The average Bonchev–Trinajstić information content (AvgIpc) is 2.74. The third kappa shape index (κ3) is 1.69. The molecule has 2 bridgehead atoms. The fourth-order valence-corrected chi connectivity index (χ4v) is 3.40. The zero-order valence-corrected chi connectivity index (χ0v) is 10.7. The van der Waals surface area contributed by atoms with Crippen LogP contribution in [0.25, 0.3) is 0 Å². The standard InChI is InChI=1S/C12H14Cl2N2/c1-15-6-12-5-11(15)7-16(12)10-3-8(13)2-9(14)4-10/h2-4,11-12H,5-7H2,1H3/t11-,12-/m0/s1. The van der Waals surface area contributed by atoms with Gasteiger partial charge >= 0.3 is 0 Å². The number of likely N-dealkylation sites (N-methyl/N-ethyl adjacent to an activating group) is 1. The van der Waals surface area contributed by atoms with E-state index in [0.717, 1.165) is 28.8 Å². The van der Waals surface area contributed by atoms with E-state index in [1.54, 1.807) is 6.07 Å². The largest absolute Gasteiger partial charge is 0.366 e. The second-order valence-corrected chi connectivity index (χ2v) is 5.64. The highest BCUT2D eigenvalue weighted by Crippen LogP contribution is 2.35. The molecule has 0 amide bonds. The number of likely N-dealkylation sites (tertiary alicyclic amines) is 1. The van der Waals surface area contributed by atoms with E-state index in [-0.39, 0.29) is 0 Å². The van der Waals surface area contributed by atoms with Crippen LogP contribution in [0.2, 0.25) is 10.0 Å². The SMILES string of the molecule is CN1C[C@@H]2C[C@H]1CN2c1cc(Cl)cc(Cl)c1. The van der Waals surface area contributed by atoms with E-state index in [4.69, 9.17) is 23.2 Å². The van der Waals surface area contributed by atoms with E-state index in [0.29, 0.717) is 12.1 Å². The first-order valence-corrected chi connectivity index (χ1v) is 6.32. The second-order valence-electron chi connectivity index (χ2n) is 4.76. The predicted octanol–water partition coefficient (Wildman–Crippen LogP) is 2.89. The molecule has 16 heavy (non-hydrogen) atoms. The summed E-state index contributed by atoms with van der Waals surface area (Å²) in [6.07, 6.45) is 1.26. The van der Waals surface area contributed by atoms with Crippen molar-refractivity contribution >= 4 is 28.9 Å². The van der Waals surface area contributed by atoms with Gasteiger partial charge in [-0.1, -0.05) is 23.2 Å². The maximum Gasteiger partial charge on any atom is 0.0441 e. The van der Waals surface area contributed by atoms with Crippen molar-refractivity contribution in [2.45, 2.75) is 18.5 Å². The van der Waals surface area contributed by atoms with Crippen molar-refractivity contribution < 1.29 is 0 Å². The van der Waals surface area contributed by atoms with Crippen molar-refractivity contribution in [1.82, 2.24) is 4.90 Å². The molecule has 0 radical (unpaired) electrons. The lowest BCUT2D eigenvalue weighted by atomic mass is 10.2. The number of hydrogen-bond acceptors (Lipinski definition) is 2. The third-order valence-corrected chi connectivity index (χ3v) is 4.13. The van der Waals surface area contributed by atoms with Gasteiger partial charge in [0.15, 0.2) is 0 Å². The summed E-state index contributed by atoms with van der Waals surface area (Å²) >= 11 is 12.1. The molecule has 1 aromatic carbocycles. The Morgan fingerprint density at radius 1 is 1.06 bits per heavy atom. The maximum atomic E-state index is 6.04. The average molecular weight is 257 g/mol. The molecule has 0 aliphatic carbocycles. The number of hydrogen-bond donors (Lipinski definition) is 0. The van der Waals surface area contributed by atoms with Gasteiger partial charge in [-0.15, -0.1) is 0 Å². The summed E-state index contributed by atoms with van der Waals surface area (Å²) in [4.78, 5) is 4.87. The molecule has 0 spiro atoms. The van der Waals surface area contributed by atoms with E-state index in [9.17, 15) is 0 Å². The molecule has 2 fully saturated rings. The maximum absolute atomic E-state index is 6.04. The van der Waals surface area contributed by atoms with E-state index >= 15 is 0 Å². The number of piperazine rings is 1. The van der Waals surface area contributed by atoms with E-state index in [2.05, 4.69) is 16.8 Å². The van der Waals surface area contributed by atoms with Crippen LogP contribution in [-0.2, 0) is 0 Å². The van der Waals surface area contributed by atoms with Gasteiger partial charge in [-0.3, -0.25) is 4.90 Å². The van der Waals surface area contributed by atoms with Gasteiger partial charge in [-0.05, 0) is 31.7 Å². The van der Waals surface area contributed by atoms with Crippen LogP contribution in [-0.4, -0.2) is 37.1 Å². The minimum Gasteiger partial charge on any atom is -0.366 e. The van der Waals surface area contributed by atoms with Crippen LogP contribution in [0.5, 0.6) is 0 Å². The fourth-order valence-electron chi connectivity index (χ4n) is 2.89. The van der Waals surface area contributed by atoms with E-state index < -0.39 is 0 Å².